The topological polar surface area (TPSA) is 301 Å². The van der Waals surface area contributed by atoms with E-state index in [0.717, 1.165) is 44.4 Å². The number of pyridine rings is 1. The minimum atomic E-state index is 0. The van der Waals surface area contributed by atoms with Gasteiger partial charge in [-0.2, -0.15) is 25.5 Å². The van der Waals surface area contributed by atoms with Gasteiger partial charge in [-0.25, -0.2) is 16.5 Å². The number of tetrazole rings is 1. The second kappa shape index (κ2) is 48.7. The summed E-state index contributed by atoms with van der Waals surface area (Å²) in [5, 5.41) is 46.8. The van der Waals surface area contributed by atoms with Gasteiger partial charge < -0.3 is 77.8 Å². The van der Waals surface area contributed by atoms with Crippen molar-refractivity contribution in [1.82, 2.24) is 104 Å². The van der Waals surface area contributed by atoms with Crippen LogP contribution in [-0.2, 0) is 0 Å². The number of nitrogens with zero attached hydrogens (tertiary/aromatic N) is 28. The van der Waals surface area contributed by atoms with Gasteiger partial charge in [0.2, 0.25) is 0 Å². The molecule has 0 aliphatic heterocycles. The van der Waals surface area contributed by atoms with Gasteiger partial charge in [-0.1, -0.05) is 79.7 Å². The second-order valence-electron chi connectivity index (χ2n) is 14.4. The Kier molecular flexibility index (Phi) is 51.0. The minimum absolute atomic E-state index is 0. The molecule has 0 aliphatic carbocycles. The molecule has 0 spiro atoms. The van der Waals surface area contributed by atoms with E-state index in [1.54, 1.807) is 84.2 Å². The van der Waals surface area contributed by atoms with Crippen LogP contribution in [0.25, 0.3) is 33.1 Å². The fraction of sp³-hybridized carbons (Fsp3) is 0.283. The first-order chi connectivity index (χ1) is 35.9. The largest absolute Gasteiger partial charge is 0.481 e. The van der Waals surface area contributed by atoms with Crippen LogP contribution < -0.4 is 0 Å². The number of hydrogen-bond acceptors (Lipinski definition) is 21. The molecule has 0 saturated heterocycles. The van der Waals surface area contributed by atoms with E-state index < -0.39 is 0 Å². The molecule has 81 heavy (non-hydrogen) atoms. The summed E-state index contributed by atoms with van der Waals surface area (Å²) in [6.45, 7) is 11.7. The number of aliphatic imine (C=N–C) groups is 7. The molecule has 28 nitrogen and oxygen atoms in total. The summed E-state index contributed by atoms with van der Waals surface area (Å²) >= 11 is 0. The standard InChI is InChI=1S/C10H10N3.C9H9N4.C8H8N5.C7H10N3.C4H6N5.2C4H5N4.7U/c1-8-3-4-10-9(5-8)6-12-13(10)7-11-2;1-7-3-4-9-8(5-7)11-12-13(9)6-10-2;1-6-3-7-8(10-4-6)13(5-9-2)12-11-7;1-6-4-7(2)10(9-6)5-8-3;1-4-6-8-9(7-4)3-5-2;1-5-3-8-4-6-2-7-8;1-5-4-8-3-2-6-7-8;;;;;;;/h3-6H,1-2H3;3-5H,1-2H3;3-4H,1-2H3;4H,1-3H3;1-2H3;2,4H,1H3;2-3H,1H3;;;;;;;/q7*-1;;;;;;;. The van der Waals surface area contributed by atoms with E-state index >= 15 is 0 Å². The van der Waals surface area contributed by atoms with Gasteiger partial charge in [0.1, 0.15) is 6.33 Å². The summed E-state index contributed by atoms with van der Waals surface area (Å²) in [5.41, 5.74) is 9.80. The van der Waals surface area contributed by atoms with Crippen LogP contribution in [0.1, 0.15) is 33.9 Å². The Balaban J connectivity index is -0.000000425. The van der Waals surface area contributed by atoms with Gasteiger partial charge in [-0.05, 0) is 110 Å². The maximum Gasteiger partial charge on any atom is 0.168 e. The average molecular weight is 2660 g/mol. The third-order valence-electron chi connectivity index (χ3n) is 8.49. The van der Waals surface area contributed by atoms with Gasteiger partial charge in [0.05, 0.1) is 0 Å². The molecule has 0 aliphatic rings. The van der Waals surface area contributed by atoms with Gasteiger partial charge in [0.15, 0.2) is 5.82 Å². The maximum atomic E-state index is 4.17. The molecule has 0 fully saturated rings. The van der Waals surface area contributed by atoms with Gasteiger partial charge in [0.25, 0.3) is 0 Å². The third-order valence-corrected chi connectivity index (χ3v) is 8.49. The summed E-state index contributed by atoms with van der Waals surface area (Å²) in [6.07, 6.45) is 28.2. The van der Waals surface area contributed by atoms with Gasteiger partial charge >= 0.3 is 0 Å². The molecule has 0 bridgehead atoms. The fourth-order valence-electron chi connectivity index (χ4n) is 5.58. The van der Waals surface area contributed by atoms with Crippen LogP contribution in [-0.4, -0.2) is 198 Å². The number of aromatic nitrogens is 21. The maximum absolute atomic E-state index is 4.17. The van der Waals surface area contributed by atoms with Crippen molar-refractivity contribution in [3.63, 3.8) is 0 Å². The molecule has 10 rings (SSSR count). The molecule has 2 aromatic carbocycles. The van der Waals surface area contributed by atoms with Crippen LogP contribution in [0.3, 0.4) is 0 Å². The Labute approximate surface area is 635 Å². The summed E-state index contributed by atoms with van der Waals surface area (Å²) in [6, 6.07) is 16.0. The zero-order chi connectivity index (χ0) is 53.7. The van der Waals surface area contributed by atoms with E-state index in [1.807, 2.05) is 70.3 Å². The summed E-state index contributed by atoms with van der Waals surface area (Å²) in [4.78, 5) is 34.8. The van der Waals surface area contributed by atoms with Gasteiger partial charge in [-0.15, -0.1) is 29.0 Å². The Morgan fingerprint density at radius 2 is 1.01 bits per heavy atom. The van der Waals surface area contributed by atoms with Crippen molar-refractivity contribution in [2.45, 2.75) is 41.5 Å². The zero-order valence-corrected chi connectivity index (χ0v) is 75.8. The predicted octanol–water partition coefficient (Wildman–Crippen LogP) is 2.94. The van der Waals surface area contributed by atoms with Gasteiger partial charge in [0, 0.05) is 295 Å². The summed E-state index contributed by atoms with van der Waals surface area (Å²) in [7, 11) is 11.5. The number of aryl methyl sites for hydroxylation is 6. The quantitative estimate of drug-likeness (QED) is 0.126. The average Bonchev–Trinajstić information content (AvgIpc) is 4.27. The Hall–Kier alpha value is -2.53. The zero-order valence-electron chi connectivity index (χ0n) is 46.6. The van der Waals surface area contributed by atoms with Crippen molar-refractivity contribution >= 4 is 77.5 Å². The normalized spacial score (nSPS) is 10.2. The minimum Gasteiger partial charge on any atom is -0.481 e. The van der Waals surface area contributed by atoms with Gasteiger partial charge in [-0.3, -0.25) is 0 Å². The van der Waals surface area contributed by atoms with E-state index in [0.29, 0.717) is 11.5 Å². The molecule has 8 aromatic heterocycles. The third kappa shape index (κ3) is 30.9. The molecular weight excluding hydrogens is 2610 g/mol. The first-order valence-corrected chi connectivity index (χ1v) is 21.8. The Bertz CT molecular complexity index is 3170. The van der Waals surface area contributed by atoms with Crippen molar-refractivity contribution in [1.29, 1.82) is 0 Å². The SMILES string of the molecule is CN=[C-]n1ccnn1.CN=[C-]n1cncn1.CN=[C-]n1nc(C)cc1C.CN=[C-]n1ncc2cc(C)ccc21.CN=[C-]n1nnc(C)n1.CN=[C-]n1nnc2cc(C)ccc21.CN=[C-]n1nnc2cc(C)cnc21.[U].[U].[U].[U].[U].[U].[U]. The van der Waals surface area contributed by atoms with Crippen molar-refractivity contribution in [3.05, 3.63) is 120 Å². The van der Waals surface area contributed by atoms with Crippen LogP contribution in [0.5, 0.6) is 0 Å². The molecule has 0 saturated carbocycles. The Morgan fingerprint density at radius 1 is 0.457 bits per heavy atom. The van der Waals surface area contributed by atoms with E-state index in [1.165, 1.54) is 47.3 Å². The first kappa shape index (κ1) is 84.9. The van der Waals surface area contributed by atoms with Crippen LogP contribution >= 0.6 is 0 Å². The first-order valence-electron chi connectivity index (χ1n) is 21.8. The molecule has 10 aromatic rings. The van der Waals surface area contributed by atoms with Crippen molar-refractivity contribution in [3.8, 4) is 0 Å². The van der Waals surface area contributed by atoms with Crippen LogP contribution in [0.4, 0.5) is 0 Å². The number of benzene rings is 2. The second-order valence-corrected chi connectivity index (χ2v) is 14.4. The summed E-state index contributed by atoms with van der Waals surface area (Å²) in [5.74, 6) is 0.617. The monoisotopic (exact) mass is 2660 g/mol. The predicted molar refractivity (Wildman–Crippen MR) is 282 cm³/mol. The molecular formula is C46H53N28U7-7. The van der Waals surface area contributed by atoms with Crippen LogP contribution in [0.2, 0.25) is 0 Å². The van der Waals surface area contributed by atoms with E-state index in [9.17, 15) is 0 Å². The van der Waals surface area contributed by atoms with Crippen molar-refractivity contribution in [2.75, 3.05) is 49.3 Å². The molecule has 0 unspecified atom stereocenters. The van der Waals surface area contributed by atoms with E-state index in [-0.39, 0.29) is 218 Å². The molecule has 0 atom stereocenters. The van der Waals surface area contributed by atoms with Crippen molar-refractivity contribution < 1.29 is 218 Å². The smallest absolute Gasteiger partial charge is 0.168 e. The molecule has 0 amide bonds. The van der Waals surface area contributed by atoms with E-state index in [2.05, 4.69) is 170 Å². The molecule has 0 radical (unpaired) electrons. The number of fused-ring (bicyclic) bond motifs is 3. The van der Waals surface area contributed by atoms with Crippen LogP contribution in [0.15, 0.2) is 121 Å². The number of rotatable bonds is 7. The van der Waals surface area contributed by atoms with Crippen LogP contribution in [0, 0.1) is 259 Å². The summed E-state index contributed by atoms with van der Waals surface area (Å²) < 4.78 is 9.05. The van der Waals surface area contributed by atoms with Crippen molar-refractivity contribution in [2.24, 2.45) is 34.9 Å². The number of hydrogen-bond donors (Lipinski definition) is 0. The van der Waals surface area contributed by atoms with E-state index in [4.69, 9.17) is 0 Å². The fourth-order valence-corrected chi connectivity index (χ4v) is 5.58. The Morgan fingerprint density at radius 3 is 1.57 bits per heavy atom. The molecule has 412 valence electrons. The molecule has 35 heteroatoms. The molecule has 8 heterocycles. The molecule has 0 N–H and O–H groups in total.